The van der Waals surface area contributed by atoms with Gasteiger partial charge >= 0.3 is 0 Å². The zero-order chi connectivity index (χ0) is 12.4. The molecule has 0 spiro atoms. The molecular formula is C13H18BrNOS. The SMILES string of the molecule is C[C@H](CN[C@@H]1CCc2c(Br)cccc21)[S@@](C)=O. The van der Waals surface area contributed by atoms with Gasteiger partial charge in [-0.1, -0.05) is 28.1 Å². The van der Waals surface area contributed by atoms with E-state index < -0.39 is 10.8 Å². The summed E-state index contributed by atoms with van der Waals surface area (Å²) in [6.45, 7) is 2.85. The third kappa shape index (κ3) is 2.98. The minimum absolute atomic E-state index is 0.214. The fourth-order valence-electron chi connectivity index (χ4n) is 2.25. The molecule has 4 heteroatoms. The van der Waals surface area contributed by atoms with Gasteiger partial charge in [-0.05, 0) is 37.0 Å². The van der Waals surface area contributed by atoms with E-state index >= 15 is 0 Å². The van der Waals surface area contributed by atoms with E-state index in [0.29, 0.717) is 6.04 Å². The van der Waals surface area contributed by atoms with Crippen LogP contribution < -0.4 is 5.32 Å². The van der Waals surface area contributed by atoms with E-state index in [1.54, 1.807) is 6.26 Å². The molecule has 1 aromatic carbocycles. The molecular weight excluding hydrogens is 298 g/mol. The van der Waals surface area contributed by atoms with Gasteiger partial charge in [-0.25, -0.2) is 0 Å². The molecule has 2 rings (SSSR count). The highest BCUT2D eigenvalue weighted by Crippen LogP contribution is 2.35. The maximum absolute atomic E-state index is 11.3. The molecule has 0 bridgehead atoms. The van der Waals surface area contributed by atoms with Crippen molar-refractivity contribution in [2.75, 3.05) is 12.8 Å². The Labute approximate surface area is 114 Å². The molecule has 0 fully saturated rings. The minimum Gasteiger partial charge on any atom is -0.309 e. The number of benzene rings is 1. The summed E-state index contributed by atoms with van der Waals surface area (Å²) in [6.07, 6.45) is 4.03. The topological polar surface area (TPSA) is 29.1 Å². The van der Waals surface area contributed by atoms with Crippen LogP contribution in [0, 0.1) is 0 Å². The largest absolute Gasteiger partial charge is 0.309 e. The third-order valence-electron chi connectivity index (χ3n) is 3.43. The lowest BCUT2D eigenvalue weighted by atomic mass is 10.1. The van der Waals surface area contributed by atoms with Gasteiger partial charge in [-0.3, -0.25) is 4.21 Å². The van der Waals surface area contributed by atoms with Crippen molar-refractivity contribution in [3.05, 3.63) is 33.8 Å². The van der Waals surface area contributed by atoms with Gasteiger partial charge in [0.1, 0.15) is 0 Å². The van der Waals surface area contributed by atoms with Crippen molar-refractivity contribution in [2.45, 2.75) is 31.1 Å². The van der Waals surface area contributed by atoms with Gasteiger partial charge in [0.05, 0.1) is 0 Å². The first-order valence-corrected chi connectivity index (χ1v) is 8.34. The first-order valence-electron chi connectivity index (χ1n) is 5.92. The first-order chi connectivity index (χ1) is 8.09. The number of halogens is 1. The number of hydrogen-bond acceptors (Lipinski definition) is 2. The average molecular weight is 316 g/mol. The Morgan fingerprint density at radius 3 is 3.06 bits per heavy atom. The number of hydrogen-bond donors (Lipinski definition) is 1. The Bertz CT molecular complexity index is 435. The van der Waals surface area contributed by atoms with Crippen molar-refractivity contribution in [2.24, 2.45) is 0 Å². The summed E-state index contributed by atoms with van der Waals surface area (Å²) in [5.41, 5.74) is 2.82. The molecule has 0 saturated heterocycles. The summed E-state index contributed by atoms with van der Waals surface area (Å²) in [4.78, 5) is 0. The number of rotatable bonds is 4. The predicted molar refractivity (Wildman–Crippen MR) is 76.7 cm³/mol. The Kier molecular flexibility index (Phi) is 4.39. The third-order valence-corrected chi connectivity index (χ3v) is 5.47. The van der Waals surface area contributed by atoms with E-state index in [1.165, 1.54) is 15.6 Å². The Hall–Kier alpha value is -0.190. The van der Waals surface area contributed by atoms with Crippen molar-refractivity contribution in [1.29, 1.82) is 0 Å². The molecule has 0 saturated carbocycles. The van der Waals surface area contributed by atoms with Gasteiger partial charge in [0, 0.05) is 39.4 Å². The summed E-state index contributed by atoms with van der Waals surface area (Å²) in [6, 6.07) is 6.81. The molecule has 2 nitrogen and oxygen atoms in total. The fourth-order valence-corrected chi connectivity index (χ4v) is 3.16. The lowest BCUT2D eigenvalue weighted by Gasteiger charge is -2.16. The second-order valence-electron chi connectivity index (χ2n) is 4.62. The molecule has 17 heavy (non-hydrogen) atoms. The lowest BCUT2D eigenvalue weighted by Crippen LogP contribution is -2.30. The first kappa shape index (κ1) is 13.2. The normalized spacial score (nSPS) is 22.2. The van der Waals surface area contributed by atoms with Crippen molar-refractivity contribution in [3.8, 4) is 0 Å². The quantitative estimate of drug-likeness (QED) is 0.925. The smallest absolute Gasteiger partial charge is 0.0441 e. The monoisotopic (exact) mass is 315 g/mol. The Morgan fingerprint density at radius 2 is 2.35 bits per heavy atom. The van der Waals surface area contributed by atoms with Crippen LogP contribution >= 0.6 is 15.9 Å². The van der Waals surface area contributed by atoms with Crippen LogP contribution in [0.3, 0.4) is 0 Å². The van der Waals surface area contributed by atoms with E-state index in [-0.39, 0.29) is 5.25 Å². The molecule has 1 aromatic rings. The van der Waals surface area contributed by atoms with Crippen molar-refractivity contribution in [1.82, 2.24) is 5.32 Å². The second kappa shape index (κ2) is 5.63. The highest BCUT2D eigenvalue weighted by atomic mass is 79.9. The van der Waals surface area contributed by atoms with Crippen LogP contribution in [-0.2, 0) is 17.2 Å². The molecule has 0 radical (unpaired) electrons. The molecule has 94 valence electrons. The molecule has 0 unspecified atom stereocenters. The highest BCUT2D eigenvalue weighted by Gasteiger charge is 2.24. The van der Waals surface area contributed by atoms with Gasteiger partial charge < -0.3 is 5.32 Å². The van der Waals surface area contributed by atoms with Crippen molar-refractivity contribution < 1.29 is 4.21 Å². The van der Waals surface area contributed by atoms with Gasteiger partial charge in [-0.2, -0.15) is 0 Å². The van der Waals surface area contributed by atoms with Gasteiger partial charge in [0.15, 0.2) is 0 Å². The summed E-state index contributed by atoms with van der Waals surface area (Å²) in [5, 5.41) is 3.75. The highest BCUT2D eigenvalue weighted by molar-refractivity contribution is 9.10. The van der Waals surface area contributed by atoms with E-state index in [1.807, 2.05) is 6.92 Å². The Balaban J connectivity index is 2.03. The zero-order valence-electron chi connectivity index (χ0n) is 10.2. The van der Waals surface area contributed by atoms with Crippen LogP contribution in [0.15, 0.2) is 22.7 Å². The fraction of sp³-hybridized carbons (Fsp3) is 0.538. The van der Waals surface area contributed by atoms with Crippen molar-refractivity contribution >= 4 is 26.7 Å². The van der Waals surface area contributed by atoms with E-state index in [2.05, 4.69) is 39.4 Å². The van der Waals surface area contributed by atoms with Crippen LogP contribution in [0.25, 0.3) is 0 Å². The summed E-state index contributed by atoms with van der Waals surface area (Å²) in [7, 11) is -0.744. The van der Waals surface area contributed by atoms with Crippen LogP contribution in [-0.4, -0.2) is 22.3 Å². The molecule has 0 heterocycles. The molecule has 1 aliphatic rings. The number of nitrogens with one attached hydrogen (secondary N) is 1. The summed E-state index contributed by atoms with van der Waals surface area (Å²) >= 11 is 3.60. The van der Waals surface area contributed by atoms with Crippen LogP contribution in [0.1, 0.15) is 30.5 Å². The van der Waals surface area contributed by atoms with E-state index in [9.17, 15) is 4.21 Å². The molecule has 1 aliphatic carbocycles. The molecule has 0 aromatic heterocycles. The molecule has 3 atom stereocenters. The summed E-state index contributed by atoms with van der Waals surface area (Å²) < 4.78 is 12.5. The zero-order valence-corrected chi connectivity index (χ0v) is 12.6. The molecule has 0 amide bonds. The molecule has 1 N–H and O–H groups in total. The molecule has 0 aliphatic heterocycles. The predicted octanol–water partition coefficient (Wildman–Crippen LogP) is 2.79. The van der Waals surface area contributed by atoms with Gasteiger partial charge in [0.2, 0.25) is 0 Å². The summed E-state index contributed by atoms with van der Waals surface area (Å²) in [5.74, 6) is 0. The van der Waals surface area contributed by atoms with Crippen LogP contribution in [0.5, 0.6) is 0 Å². The van der Waals surface area contributed by atoms with Gasteiger partial charge in [0.25, 0.3) is 0 Å². The standard InChI is InChI=1S/C13H18BrNOS/c1-9(17(2)16)8-15-13-7-6-10-11(13)4-3-5-12(10)14/h3-5,9,13,15H,6-8H2,1-2H3/t9-,13-,17-/m1/s1. The average Bonchev–Trinajstić information content (AvgIpc) is 2.70. The maximum Gasteiger partial charge on any atom is 0.0441 e. The lowest BCUT2D eigenvalue weighted by molar-refractivity contribution is 0.529. The Morgan fingerprint density at radius 1 is 1.59 bits per heavy atom. The number of fused-ring (bicyclic) bond motifs is 1. The minimum atomic E-state index is -0.744. The van der Waals surface area contributed by atoms with E-state index in [0.717, 1.165) is 19.4 Å². The van der Waals surface area contributed by atoms with E-state index in [4.69, 9.17) is 0 Å². The second-order valence-corrected chi connectivity index (χ2v) is 7.27. The van der Waals surface area contributed by atoms with Crippen LogP contribution in [0.2, 0.25) is 0 Å². The van der Waals surface area contributed by atoms with Crippen molar-refractivity contribution in [3.63, 3.8) is 0 Å². The van der Waals surface area contributed by atoms with Gasteiger partial charge in [-0.15, -0.1) is 0 Å². The maximum atomic E-state index is 11.3. The van der Waals surface area contributed by atoms with Crippen LogP contribution in [0.4, 0.5) is 0 Å².